The lowest BCUT2D eigenvalue weighted by atomic mass is 10.1. The van der Waals surface area contributed by atoms with Crippen LogP contribution in [0.25, 0.3) is 10.1 Å². The van der Waals surface area contributed by atoms with E-state index in [0.29, 0.717) is 6.04 Å². The Balaban J connectivity index is 2.09. The number of nitrogens with one attached hydrogen (secondary N) is 1. The van der Waals surface area contributed by atoms with Crippen LogP contribution in [-0.2, 0) is 6.54 Å². The fraction of sp³-hybridized carbons (Fsp3) is 0.429. The molecule has 0 aliphatic heterocycles. The zero-order valence-electron chi connectivity index (χ0n) is 9.99. The Kier molecular flexibility index (Phi) is 3.97. The van der Waals surface area contributed by atoms with Gasteiger partial charge in [0.05, 0.1) is 0 Å². The standard InChI is InChI=1S/C14H19NS/c1-3-12(4-2)15-9-11-10-16-14-8-6-5-7-13(11)14/h5-8,10,12,15H,3-4,9H2,1-2H3. The summed E-state index contributed by atoms with van der Waals surface area (Å²) in [5.41, 5.74) is 1.44. The molecule has 0 atom stereocenters. The van der Waals surface area contributed by atoms with E-state index in [9.17, 15) is 0 Å². The summed E-state index contributed by atoms with van der Waals surface area (Å²) < 4.78 is 1.39. The van der Waals surface area contributed by atoms with Crippen molar-refractivity contribution < 1.29 is 0 Å². The van der Waals surface area contributed by atoms with Gasteiger partial charge in [0.15, 0.2) is 0 Å². The zero-order valence-corrected chi connectivity index (χ0v) is 10.8. The second kappa shape index (κ2) is 5.46. The Labute approximate surface area is 101 Å². The molecule has 0 spiro atoms. The highest BCUT2D eigenvalue weighted by atomic mass is 32.1. The van der Waals surface area contributed by atoms with Crippen molar-refractivity contribution in [1.29, 1.82) is 0 Å². The van der Waals surface area contributed by atoms with Crippen LogP contribution < -0.4 is 5.32 Å². The lowest BCUT2D eigenvalue weighted by molar-refractivity contribution is 0.485. The van der Waals surface area contributed by atoms with E-state index in [4.69, 9.17) is 0 Å². The van der Waals surface area contributed by atoms with Crippen LogP contribution in [0, 0.1) is 0 Å². The lowest BCUT2D eigenvalue weighted by Crippen LogP contribution is -2.26. The van der Waals surface area contributed by atoms with Crippen LogP contribution in [0.2, 0.25) is 0 Å². The Bertz CT molecular complexity index is 443. The minimum atomic E-state index is 0.652. The van der Waals surface area contributed by atoms with Crippen LogP contribution in [0.1, 0.15) is 32.3 Å². The van der Waals surface area contributed by atoms with E-state index in [-0.39, 0.29) is 0 Å². The topological polar surface area (TPSA) is 12.0 Å². The van der Waals surface area contributed by atoms with Crippen molar-refractivity contribution in [3.63, 3.8) is 0 Å². The largest absolute Gasteiger partial charge is 0.310 e. The first-order valence-corrected chi connectivity index (χ1v) is 6.91. The first-order valence-electron chi connectivity index (χ1n) is 6.03. The lowest BCUT2D eigenvalue weighted by Gasteiger charge is -2.14. The van der Waals surface area contributed by atoms with Gasteiger partial charge in [-0.3, -0.25) is 0 Å². The van der Waals surface area contributed by atoms with Gasteiger partial charge in [-0.15, -0.1) is 11.3 Å². The van der Waals surface area contributed by atoms with Gasteiger partial charge >= 0.3 is 0 Å². The Morgan fingerprint density at radius 2 is 1.94 bits per heavy atom. The van der Waals surface area contributed by atoms with Crippen LogP contribution in [-0.4, -0.2) is 6.04 Å². The summed E-state index contributed by atoms with van der Waals surface area (Å²) in [7, 11) is 0. The summed E-state index contributed by atoms with van der Waals surface area (Å²) in [5.74, 6) is 0. The second-order valence-corrected chi connectivity index (χ2v) is 5.06. The summed E-state index contributed by atoms with van der Waals surface area (Å²) in [4.78, 5) is 0. The van der Waals surface area contributed by atoms with Crippen LogP contribution in [0.15, 0.2) is 29.6 Å². The fourth-order valence-electron chi connectivity index (χ4n) is 2.00. The maximum atomic E-state index is 3.62. The van der Waals surface area contributed by atoms with E-state index in [2.05, 4.69) is 48.8 Å². The van der Waals surface area contributed by atoms with Gasteiger partial charge < -0.3 is 5.32 Å². The van der Waals surface area contributed by atoms with E-state index >= 15 is 0 Å². The van der Waals surface area contributed by atoms with Gasteiger partial charge in [-0.25, -0.2) is 0 Å². The average Bonchev–Trinajstić information content (AvgIpc) is 2.74. The quantitative estimate of drug-likeness (QED) is 0.817. The third kappa shape index (κ3) is 2.45. The molecule has 0 aliphatic rings. The molecule has 0 saturated heterocycles. The predicted octanol–water partition coefficient (Wildman–Crippen LogP) is 4.18. The number of thiophene rings is 1. The van der Waals surface area contributed by atoms with Crippen molar-refractivity contribution in [2.45, 2.75) is 39.3 Å². The molecule has 1 aromatic heterocycles. The maximum Gasteiger partial charge on any atom is 0.0346 e. The van der Waals surface area contributed by atoms with E-state index in [0.717, 1.165) is 6.54 Å². The van der Waals surface area contributed by atoms with E-state index in [1.807, 2.05) is 11.3 Å². The predicted molar refractivity (Wildman–Crippen MR) is 73.0 cm³/mol. The van der Waals surface area contributed by atoms with Crippen LogP contribution >= 0.6 is 11.3 Å². The number of hydrogen-bond acceptors (Lipinski definition) is 2. The molecule has 2 aromatic rings. The summed E-state index contributed by atoms with van der Waals surface area (Å²) >= 11 is 1.84. The Morgan fingerprint density at radius 1 is 1.19 bits per heavy atom. The Morgan fingerprint density at radius 3 is 2.69 bits per heavy atom. The molecule has 0 saturated carbocycles. The van der Waals surface area contributed by atoms with Gasteiger partial charge in [-0.1, -0.05) is 32.0 Å². The van der Waals surface area contributed by atoms with Gasteiger partial charge in [0.1, 0.15) is 0 Å². The molecule has 1 nitrogen and oxygen atoms in total. The molecule has 86 valence electrons. The zero-order chi connectivity index (χ0) is 11.4. The minimum Gasteiger partial charge on any atom is -0.310 e. The highest BCUT2D eigenvalue weighted by Gasteiger charge is 2.06. The SMILES string of the molecule is CCC(CC)NCc1csc2ccccc12. The van der Waals surface area contributed by atoms with Crippen molar-refractivity contribution >= 4 is 21.4 Å². The third-order valence-electron chi connectivity index (χ3n) is 3.13. The maximum absolute atomic E-state index is 3.62. The molecule has 1 N–H and O–H groups in total. The van der Waals surface area contributed by atoms with Crippen molar-refractivity contribution in [3.05, 3.63) is 35.2 Å². The molecule has 0 bridgehead atoms. The molecule has 0 amide bonds. The van der Waals surface area contributed by atoms with E-state index < -0.39 is 0 Å². The molecule has 0 radical (unpaired) electrons. The number of benzene rings is 1. The molecule has 0 fully saturated rings. The number of hydrogen-bond donors (Lipinski definition) is 1. The van der Waals surface area contributed by atoms with Gasteiger partial charge in [0, 0.05) is 17.3 Å². The summed E-state index contributed by atoms with van der Waals surface area (Å²) in [6, 6.07) is 9.29. The number of fused-ring (bicyclic) bond motifs is 1. The molecule has 16 heavy (non-hydrogen) atoms. The molecule has 0 aliphatic carbocycles. The average molecular weight is 233 g/mol. The van der Waals surface area contributed by atoms with Crippen molar-refractivity contribution in [3.8, 4) is 0 Å². The second-order valence-electron chi connectivity index (χ2n) is 4.15. The smallest absolute Gasteiger partial charge is 0.0346 e. The van der Waals surface area contributed by atoms with Crippen LogP contribution in [0.3, 0.4) is 0 Å². The molecular weight excluding hydrogens is 214 g/mol. The van der Waals surface area contributed by atoms with Crippen molar-refractivity contribution in [2.24, 2.45) is 0 Å². The first-order chi connectivity index (χ1) is 7.85. The van der Waals surface area contributed by atoms with Gasteiger partial charge in [0.25, 0.3) is 0 Å². The van der Waals surface area contributed by atoms with Gasteiger partial charge in [-0.05, 0) is 35.2 Å². The van der Waals surface area contributed by atoms with Gasteiger partial charge in [-0.2, -0.15) is 0 Å². The molecule has 2 heteroatoms. The molecular formula is C14H19NS. The van der Waals surface area contributed by atoms with E-state index in [1.165, 1.54) is 28.5 Å². The highest BCUT2D eigenvalue weighted by Crippen LogP contribution is 2.25. The Hall–Kier alpha value is -0.860. The summed E-state index contributed by atoms with van der Waals surface area (Å²) in [6.45, 7) is 5.48. The molecule has 1 heterocycles. The van der Waals surface area contributed by atoms with E-state index in [1.54, 1.807) is 0 Å². The fourth-order valence-corrected chi connectivity index (χ4v) is 2.96. The minimum absolute atomic E-state index is 0.652. The highest BCUT2D eigenvalue weighted by molar-refractivity contribution is 7.17. The normalized spacial score (nSPS) is 11.4. The third-order valence-corrected chi connectivity index (χ3v) is 4.14. The van der Waals surface area contributed by atoms with Crippen molar-refractivity contribution in [2.75, 3.05) is 0 Å². The van der Waals surface area contributed by atoms with Crippen LogP contribution in [0.5, 0.6) is 0 Å². The van der Waals surface area contributed by atoms with Crippen LogP contribution in [0.4, 0.5) is 0 Å². The summed E-state index contributed by atoms with van der Waals surface area (Å²) in [6.07, 6.45) is 2.41. The summed E-state index contributed by atoms with van der Waals surface area (Å²) in [5, 5.41) is 7.31. The monoisotopic (exact) mass is 233 g/mol. The molecule has 1 aromatic carbocycles. The van der Waals surface area contributed by atoms with Crippen molar-refractivity contribution in [1.82, 2.24) is 5.32 Å². The molecule has 0 unspecified atom stereocenters. The van der Waals surface area contributed by atoms with Gasteiger partial charge in [0.2, 0.25) is 0 Å². The first kappa shape index (κ1) is 11.6. The molecule has 2 rings (SSSR count). The number of rotatable bonds is 5.